The Hall–Kier alpha value is -2.11. The van der Waals surface area contributed by atoms with Gasteiger partial charge >= 0.3 is 0 Å². The fraction of sp³-hybridized carbons (Fsp3) is 0.333. The largest absolute Gasteiger partial charge is 0.496 e. The number of aliphatic hydroxyl groups is 1. The zero-order chi connectivity index (χ0) is 16.4. The molecule has 122 valence electrons. The third kappa shape index (κ3) is 3.16. The van der Waals surface area contributed by atoms with Gasteiger partial charge < -0.3 is 14.6 Å². The van der Waals surface area contributed by atoms with Crippen molar-refractivity contribution in [1.29, 1.82) is 0 Å². The van der Waals surface area contributed by atoms with Crippen molar-refractivity contribution in [3.05, 3.63) is 58.9 Å². The Morgan fingerprint density at radius 1 is 1.17 bits per heavy atom. The average Bonchev–Trinajstić information content (AvgIpc) is 2.53. The summed E-state index contributed by atoms with van der Waals surface area (Å²) in [6.45, 7) is 1.64. The molecule has 2 aromatic rings. The van der Waals surface area contributed by atoms with Crippen LogP contribution in [-0.4, -0.2) is 30.8 Å². The molecule has 5 heteroatoms. The van der Waals surface area contributed by atoms with Gasteiger partial charge in [0, 0.05) is 30.8 Å². The number of ether oxygens (including phenoxy) is 2. The Bertz CT molecular complexity index is 705. The van der Waals surface area contributed by atoms with Crippen LogP contribution in [0.1, 0.15) is 22.8 Å². The predicted octanol–water partition coefficient (Wildman–Crippen LogP) is 2.89. The number of fused-ring (bicyclic) bond motifs is 1. The minimum atomic E-state index is -0.669. The molecule has 0 saturated carbocycles. The Balaban J connectivity index is 1.90. The van der Waals surface area contributed by atoms with Crippen LogP contribution in [0.2, 0.25) is 0 Å². The summed E-state index contributed by atoms with van der Waals surface area (Å²) in [6, 6.07) is 10.2. The first-order chi connectivity index (χ1) is 11.1. The molecule has 0 aromatic heterocycles. The van der Waals surface area contributed by atoms with Crippen LogP contribution in [0.25, 0.3) is 0 Å². The van der Waals surface area contributed by atoms with E-state index in [1.54, 1.807) is 20.3 Å². The minimum Gasteiger partial charge on any atom is -0.496 e. The van der Waals surface area contributed by atoms with Gasteiger partial charge in [-0.2, -0.15) is 0 Å². The van der Waals surface area contributed by atoms with E-state index in [9.17, 15) is 9.50 Å². The Morgan fingerprint density at radius 2 is 1.91 bits per heavy atom. The normalized spacial score (nSPS) is 17.7. The maximum Gasteiger partial charge on any atom is 0.125 e. The van der Waals surface area contributed by atoms with Crippen LogP contribution in [0, 0.1) is 5.82 Å². The molecule has 0 aliphatic carbocycles. The van der Waals surface area contributed by atoms with E-state index in [-0.39, 0.29) is 5.82 Å². The third-order valence-electron chi connectivity index (χ3n) is 4.16. The van der Waals surface area contributed by atoms with E-state index < -0.39 is 6.10 Å². The van der Waals surface area contributed by atoms with Crippen LogP contribution >= 0.6 is 0 Å². The number of nitrogens with zero attached hydrogens (tertiary/aromatic N) is 1. The summed E-state index contributed by atoms with van der Waals surface area (Å²) in [4.78, 5) is 2.07. The topological polar surface area (TPSA) is 41.9 Å². The first-order valence-electron chi connectivity index (χ1n) is 7.51. The van der Waals surface area contributed by atoms with Gasteiger partial charge in [-0.1, -0.05) is 12.1 Å². The lowest BCUT2D eigenvalue weighted by molar-refractivity contribution is 0.0843. The highest BCUT2D eigenvalue weighted by molar-refractivity contribution is 5.51. The van der Waals surface area contributed by atoms with Crippen LogP contribution in [0.15, 0.2) is 36.4 Å². The van der Waals surface area contributed by atoms with Gasteiger partial charge in [0.2, 0.25) is 0 Å². The maximum absolute atomic E-state index is 13.4. The molecule has 1 heterocycles. The molecule has 0 radical (unpaired) electrons. The van der Waals surface area contributed by atoms with Crippen LogP contribution in [-0.2, 0) is 13.1 Å². The summed E-state index contributed by atoms with van der Waals surface area (Å²) in [5.41, 5.74) is 2.58. The van der Waals surface area contributed by atoms with Crippen molar-refractivity contribution in [1.82, 2.24) is 4.90 Å². The summed E-state index contributed by atoms with van der Waals surface area (Å²) in [7, 11) is 3.20. The van der Waals surface area contributed by atoms with E-state index >= 15 is 0 Å². The monoisotopic (exact) mass is 317 g/mol. The summed E-state index contributed by atoms with van der Waals surface area (Å²) in [6.07, 6.45) is -0.669. The van der Waals surface area contributed by atoms with Crippen molar-refractivity contribution < 1.29 is 19.0 Å². The molecular weight excluding hydrogens is 297 g/mol. The summed E-state index contributed by atoms with van der Waals surface area (Å²) < 4.78 is 24.1. The summed E-state index contributed by atoms with van der Waals surface area (Å²) >= 11 is 0. The lowest BCUT2D eigenvalue weighted by atomic mass is 9.95. The van der Waals surface area contributed by atoms with E-state index in [0.29, 0.717) is 25.4 Å². The molecule has 23 heavy (non-hydrogen) atoms. The molecule has 0 fully saturated rings. The van der Waals surface area contributed by atoms with Crippen molar-refractivity contribution in [3.8, 4) is 11.5 Å². The second kappa shape index (κ2) is 6.56. The molecule has 4 nitrogen and oxygen atoms in total. The molecule has 1 N–H and O–H groups in total. The smallest absolute Gasteiger partial charge is 0.125 e. The van der Waals surface area contributed by atoms with E-state index in [2.05, 4.69) is 4.90 Å². The molecular formula is C18H20FNO3. The van der Waals surface area contributed by atoms with E-state index in [1.807, 2.05) is 18.2 Å². The highest BCUT2D eigenvalue weighted by Crippen LogP contribution is 2.39. The molecule has 0 spiro atoms. The molecule has 1 aliphatic heterocycles. The van der Waals surface area contributed by atoms with E-state index in [0.717, 1.165) is 22.4 Å². The Morgan fingerprint density at radius 3 is 2.61 bits per heavy atom. The van der Waals surface area contributed by atoms with E-state index in [1.165, 1.54) is 12.1 Å². The minimum absolute atomic E-state index is 0.250. The number of β-amino-alcohol motifs (C(OH)–C–C–N with tert-alkyl or cyclic N) is 1. The molecule has 0 saturated heterocycles. The van der Waals surface area contributed by atoms with Crippen LogP contribution < -0.4 is 9.47 Å². The van der Waals surface area contributed by atoms with Crippen molar-refractivity contribution in [3.63, 3.8) is 0 Å². The molecule has 1 atom stereocenters. The average molecular weight is 317 g/mol. The molecule has 0 bridgehead atoms. The summed E-state index contributed by atoms with van der Waals surface area (Å²) in [5, 5.41) is 10.5. The van der Waals surface area contributed by atoms with Gasteiger partial charge in [0.1, 0.15) is 17.3 Å². The number of hydrogen-bond donors (Lipinski definition) is 1. The Labute approximate surface area is 135 Å². The quantitative estimate of drug-likeness (QED) is 0.941. The maximum atomic E-state index is 13.4. The van der Waals surface area contributed by atoms with Crippen molar-refractivity contribution in [2.45, 2.75) is 19.2 Å². The van der Waals surface area contributed by atoms with Gasteiger partial charge in [0.15, 0.2) is 0 Å². The highest BCUT2D eigenvalue weighted by Gasteiger charge is 2.29. The zero-order valence-corrected chi connectivity index (χ0v) is 13.3. The van der Waals surface area contributed by atoms with Crippen molar-refractivity contribution in [2.24, 2.45) is 0 Å². The van der Waals surface area contributed by atoms with Gasteiger partial charge in [-0.05, 0) is 29.8 Å². The number of benzene rings is 2. The molecule has 3 rings (SSSR count). The number of halogens is 1. The van der Waals surface area contributed by atoms with Gasteiger partial charge in [-0.15, -0.1) is 0 Å². The molecule has 0 amide bonds. The SMILES string of the molecule is COc1ccc(OC)c2c1CN(Cc1cccc(F)c1)CC2O. The van der Waals surface area contributed by atoms with E-state index in [4.69, 9.17) is 9.47 Å². The van der Waals surface area contributed by atoms with Gasteiger partial charge in [-0.25, -0.2) is 4.39 Å². The Kier molecular flexibility index (Phi) is 4.50. The molecule has 1 unspecified atom stereocenters. The van der Waals surface area contributed by atoms with Crippen LogP contribution in [0.4, 0.5) is 4.39 Å². The lowest BCUT2D eigenvalue weighted by Crippen LogP contribution is -2.33. The predicted molar refractivity (Wildman–Crippen MR) is 85.0 cm³/mol. The fourth-order valence-corrected chi connectivity index (χ4v) is 3.16. The molecule has 1 aliphatic rings. The lowest BCUT2D eigenvalue weighted by Gasteiger charge is -2.34. The van der Waals surface area contributed by atoms with Gasteiger partial charge in [0.25, 0.3) is 0 Å². The number of rotatable bonds is 4. The standard InChI is InChI=1S/C18H20FNO3/c1-22-16-6-7-17(23-2)18-14(16)10-20(11-15(18)21)9-12-4-3-5-13(19)8-12/h3-8,15,21H,9-11H2,1-2H3. The zero-order valence-electron chi connectivity index (χ0n) is 13.3. The fourth-order valence-electron chi connectivity index (χ4n) is 3.16. The third-order valence-corrected chi connectivity index (χ3v) is 4.16. The molecule has 2 aromatic carbocycles. The first kappa shape index (κ1) is 15.8. The number of methoxy groups -OCH3 is 2. The number of hydrogen-bond acceptors (Lipinski definition) is 4. The summed E-state index contributed by atoms with van der Waals surface area (Å²) in [5.74, 6) is 1.14. The van der Waals surface area contributed by atoms with Crippen LogP contribution in [0.3, 0.4) is 0 Å². The van der Waals surface area contributed by atoms with Gasteiger partial charge in [0.05, 0.1) is 20.3 Å². The van der Waals surface area contributed by atoms with Crippen molar-refractivity contribution >= 4 is 0 Å². The number of aliphatic hydroxyl groups excluding tert-OH is 1. The van der Waals surface area contributed by atoms with Crippen molar-refractivity contribution in [2.75, 3.05) is 20.8 Å². The van der Waals surface area contributed by atoms with Crippen LogP contribution in [0.5, 0.6) is 11.5 Å². The second-order valence-electron chi connectivity index (χ2n) is 5.68. The highest BCUT2D eigenvalue weighted by atomic mass is 19.1. The van der Waals surface area contributed by atoms with Gasteiger partial charge in [-0.3, -0.25) is 4.90 Å². The first-order valence-corrected chi connectivity index (χ1v) is 7.51. The second-order valence-corrected chi connectivity index (χ2v) is 5.68.